The van der Waals surface area contributed by atoms with Crippen molar-refractivity contribution < 1.29 is 9.59 Å². The molecule has 6 rings (SSSR count). The molecule has 1 N–H and O–H groups in total. The van der Waals surface area contributed by atoms with Gasteiger partial charge in [-0.15, -0.1) is 11.3 Å². The number of aromatic nitrogens is 1. The first-order chi connectivity index (χ1) is 19.3. The molecule has 0 spiro atoms. The molecular weight excluding hydrogens is 516 g/mol. The topological polar surface area (TPSA) is 66.7 Å². The predicted molar refractivity (Wildman–Crippen MR) is 164 cm³/mol. The average Bonchev–Trinajstić information content (AvgIpc) is 3.56. The fourth-order valence-electron chi connectivity index (χ4n) is 5.60. The zero-order valence-corrected chi connectivity index (χ0v) is 24.1. The number of hydrogen-bond donors (Lipinski definition) is 1. The summed E-state index contributed by atoms with van der Waals surface area (Å²) in [4.78, 5) is 28.4. The lowest BCUT2D eigenvalue weighted by atomic mass is 9.95. The Hall–Kier alpha value is -4.23. The summed E-state index contributed by atoms with van der Waals surface area (Å²) in [5.74, 6) is -0.212. The van der Waals surface area contributed by atoms with E-state index < -0.39 is 0 Å². The second-order valence-corrected chi connectivity index (χ2v) is 11.7. The molecule has 0 bridgehead atoms. The summed E-state index contributed by atoms with van der Waals surface area (Å²) in [6.07, 6.45) is 6.08. The second kappa shape index (κ2) is 10.4. The number of rotatable bonds is 5. The summed E-state index contributed by atoms with van der Waals surface area (Å²) in [5, 5.41) is 10.1. The van der Waals surface area contributed by atoms with Crippen LogP contribution in [-0.2, 0) is 17.6 Å². The van der Waals surface area contributed by atoms with Crippen LogP contribution in [0.5, 0.6) is 0 Å². The molecule has 0 radical (unpaired) electrons. The van der Waals surface area contributed by atoms with Gasteiger partial charge in [0.1, 0.15) is 5.00 Å². The number of benzene rings is 2. The minimum Gasteiger partial charge on any atom is -0.322 e. The molecule has 1 aliphatic heterocycles. The first kappa shape index (κ1) is 26.0. The van der Waals surface area contributed by atoms with Gasteiger partial charge in [0, 0.05) is 22.0 Å². The monoisotopic (exact) mass is 548 g/mol. The molecule has 202 valence electrons. The summed E-state index contributed by atoms with van der Waals surface area (Å²) < 4.78 is 2.18. The van der Waals surface area contributed by atoms with Crippen molar-refractivity contribution in [2.75, 3.05) is 10.3 Å². The number of para-hydroxylation sites is 1. The van der Waals surface area contributed by atoms with E-state index in [0.29, 0.717) is 11.3 Å². The summed E-state index contributed by atoms with van der Waals surface area (Å²) in [7, 11) is 0. The molecule has 2 aliphatic rings. The molecule has 3 heterocycles. The number of fused-ring (bicyclic) bond motifs is 1. The van der Waals surface area contributed by atoms with Crippen LogP contribution in [-0.4, -0.2) is 22.1 Å². The third-order valence-electron chi connectivity index (χ3n) is 7.73. The maximum absolute atomic E-state index is 13.8. The van der Waals surface area contributed by atoms with Gasteiger partial charge in [0.2, 0.25) is 0 Å². The molecule has 4 aromatic rings. The lowest BCUT2D eigenvalue weighted by molar-refractivity contribution is -0.114. The van der Waals surface area contributed by atoms with Crippen molar-refractivity contribution in [1.82, 2.24) is 4.57 Å². The summed E-state index contributed by atoms with van der Waals surface area (Å²) in [6.45, 7) is 8.02. The van der Waals surface area contributed by atoms with E-state index >= 15 is 0 Å². The van der Waals surface area contributed by atoms with Crippen LogP contribution < -0.4 is 10.3 Å². The Morgan fingerprint density at radius 2 is 1.70 bits per heavy atom. The molecule has 6 nitrogen and oxygen atoms in total. The van der Waals surface area contributed by atoms with E-state index in [4.69, 9.17) is 0 Å². The van der Waals surface area contributed by atoms with Crippen molar-refractivity contribution >= 4 is 46.3 Å². The van der Waals surface area contributed by atoms with Crippen LogP contribution >= 0.6 is 11.3 Å². The van der Waals surface area contributed by atoms with Gasteiger partial charge in [-0.25, -0.2) is 0 Å². The van der Waals surface area contributed by atoms with Gasteiger partial charge in [-0.1, -0.05) is 35.9 Å². The summed E-state index contributed by atoms with van der Waals surface area (Å²) >= 11 is 1.72. The molecule has 2 aromatic heterocycles. The second-order valence-electron chi connectivity index (χ2n) is 10.6. The van der Waals surface area contributed by atoms with Gasteiger partial charge < -0.3 is 9.88 Å². The number of nitrogens with zero attached hydrogens (tertiary/aromatic N) is 3. The Labute approximate surface area is 238 Å². The van der Waals surface area contributed by atoms with Gasteiger partial charge >= 0.3 is 0 Å². The van der Waals surface area contributed by atoms with Crippen molar-refractivity contribution in [2.45, 2.75) is 53.4 Å². The number of carbonyl (C=O) groups is 2. The van der Waals surface area contributed by atoms with Crippen molar-refractivity contribution in [3.63, 3.8) is 0 Å². The van der Waals surface area contributed by atoms with Crippen LogP contribution in [0, 0.1) is 20.8 Å². The molecule has 0 unspecified atom stereocenters. The van der Waals surface area contributed by atoms with Gasteiger partial charge in [0.15, 0.2) is 0 Å². The van der Waals surface area contributed by atoms with Crippen LogP contribution in [0.1, 0.15) is 63.1 Å². The van der Waals surface area contributed by atoms with E-state index in [9.17, 15) is 9.59 Å². The highest BCUT2D eigenvalue weighted by molar-refractivity contribution is 7.15. The molecule has 40 heavy (non-hydrogen) atoms. The lowest BCUT2D eigenvalue weighted by Gasteiger charge is -2.14. The molecule has 2 aromatic carbocycles. The van der Waals surface area contributed by atoms with Gasteiger partial charge in [-0.05, 0) is 101 Å². The fraction of sp³-hybridized carbons (Fsp3) is 0.242. The van der Waals surface area contributed by atoms with E-state index in [1.165, 1.54) is 15.4 Å². The molecule has 0 saturated carbocycles. The SMILES string of the molecule is CC1=NN(c2ccccc2)C(=O)/C1=C/c1cc(C)n(-c2sc3c(c2C(=O)Nc2ccc(C)cc2)CCCC3)c1C. The normalized spacial score (nSPS) is 15.9. The molecule has 7 heteroatoms. The van der Waals surface area contributed by atoms with E-state index in [-0.39, 0.29) is 11.8 Å². The highest BCUT2D eigenvalue weighted by atomic mass is 32.1. The first-order valence-electron chi connectivity index (χ1n) is 13.7. The predicted octanol–water partition coefficient (Wildman–Crippen LogP) is 7.40. The molecule has 0 atom stereocenters. The third kappa shape index (κ3) is 4.60. The Balaban J connectivity index is 1.39. The Bertz CT molecular complexity index is 1690. The highest BCUT2D eigenvalue weighted by Crippen LogP contribution is 2.39. The quantitative estimate of drug-likeness (QED) is 0.264. The number of aryl methyl sites for hydroxylation is 3. The van der Waals surface area contributed by atoms with E-state index in [0.717, 1.165) is 70.1 Å². The van der Waals surface area contributed by atoms with E-state index in [1.54, 1.807) is 11.3 Å². The first-order valence-corrected chi connectivity index (χ1v) is 14.5. The van der Waals surface area contributed by atoms with E-state index in [2.05, 4.69) is 34.9 Å². The average molecular weight is 549 g/mol. The van der Waals surface area contributed by atoms with Crippen LogP contribution in [0.15, 0.2) is 71.3 Å². The van der Waals surface area contributed by atoms with Gasteiger partial charge in [-0.2, -0.15) is 10.1 Å². The number of thiophene rings is 1. The minimum absolute atomic E-state index is 0.0712. The van der Waals surface area contributed by atoms with Crippen LogP contribution in [0.25, 0.3) is 11.1 Å². The fourth-order valence-corrected chi connectivity index (χ4v) is 7.10. The van der Waals surface area contributed by atoms with Crippen LogP contribution in [0.3, 0.4) is 0 Å². The van der Waals surface area contributed by atoms with Crippen molar-refractivity contribution in [3.05, 3.63) is 105 Å². The number of carbonyl (C=O) groups excluding carboxylic acids is 2. The number of hydrazone groups is 1. The van der Waals surface area contributed by atoms with Crippen LogP contribution in [0.4, 0.5) is 11.4 Å². The Morgan fingerprint density at radius 3 is 2.45 bits per heavy atom. The molecule has 1 aliphatic carbocycles. The zero-order chi connectivity index (χ0) is 28.0. The lowest BCUT2D eigenvalue weighted by Crippen LogP contribution is -2.21. The number of nitrogens with one attached hydrogen (secondary N) is 1. The maximum atomic E-state index is 13.8. The third-order valence-corrected chi connectivity index (χ3v) is 9.00. The smallest absolute Gasteiger partial charge is 0.280 e. The van der Waals surface area contributed by atoms with E-state index in [1.807, 2.05) is 74.5 Å². The van der Waals surface area contributed by atoms with Crippen molar-refractivity contribution in [1.29, 1.82) is 0 Å². The Kier molecular flexibility index (Phi) is 6.76. The minimum atomic E-state index is -0.141. The largest absolute Gasteiger partial charge is 0.322 e. The maximum Gasteiger partial charge on any atom is 0.280 e. The molecular formula is C33H32N4O2S. The summed E-state index contributed by atoms with van der Waals surface area (Å²) in [6, 6.07) is 19.5. The van der Waals surface area contributed by atoms with Gasteiger partial charge in [0.25, 0.3) is 11.8 Å². The molecule has 0 saturated heterocycles. The Morgan fingerprint density at radius 1 is 0.975 bits per heavy atom. The van der Waals surface area contributed by atoms with Crippen LogP contribution in [0.2, 0.25) is 0 Å². The standard InChI is InChI=1S/C33H32N4O2S/c1-20-14-16-25(17-15-20)34-31(38)30-27-12-8-9-13-29(27)40-33(30)36-21(2)18-24(23(36)4)19-28-22(3)35-37(32(28)39)26-10-6-5-7-11-26/h5-7,10-11,14-19H,8-9,12-13H2,1-4H3,(H,34,38)/b28-19+. The van der Waals surface area contributed by atoms with Crippen molar-refractivity contribution in [3.8, 4) is 5.00 Å². The number of hydrogen-bond acceptors (Lipinski definition) is 4. The molecule has 2 amide bonds. The highest BCUT2D eigenvalue weighted by Gasteiger charge is 2.31. The number of amides is 2. The number of anilines is 2. The zero-order valence-electron chi connectivity index (χ0n) is 23.2. The van der Waals surface area contributed by atoms with Crippen molar-refractivity contribution in [2.24, 2.45) is 5.10 Å². The summed E-state index contributed by atoms with van der Waals surface area (Å²) in [5.41, 5.74) is 8.85. The molecule has 0 fully saturated rings. The van der Waals surface area contributed by atoms with Gasteiger partial charge in [-0.3, -0.25) is 9.59 Å². The van der Waals surface area contributed by atoms with Gasteiger partial charge in [0.05, 0.1) is 22.5 Å².